The molecule has 1 aliphatic heterocycles. The summed E-state index contributed by atoms with van der Waals surface area (Å²) in [7, 11) is -3.47. The topological polar surface area (TPSA) is 46.6 Å². The summed E-state index contributed by atoms with van der Waals surface area (Å²) < 4.78 is 27.4. The lowest BCUT2D eigenvalue weighted by Gasteiger charge is -2.23. The minimum atomic E-state index is -3.47. The third kappa shape index (κ3) is 1.93. The van der Waals surface area contributed by atoms with Crippen LogP contribution in [0.2, 0.25) is 0 Å². The first-order valence-electron chi connectivity index (χ1n) is 2.96. The molecule has 0 unspecified atom stereocenters. The number of hydrogen-bond donors (Lipinski definition) is 0. The lowest BCUT2D eigenvalue weighted by atomic mass is 10.5. The van der Waals surface area contributed by atoms with Crippen molar-refractivity contribution in [1.29, 1.82) is 0 Å². The van der Waals surface area contributed by atoms with E-state index >= 15 is 0 Å². The molecule has 0 spiro atoms. The molecule has 1 rings (SSSR count). The maximum atomic E-state index is 10.6. The molecule has 1 aliphatic rings. The second kappa shape index (κ2) is 2.86. The number of sulfonamides is 1. The first-order valence-corrected chi connectivity index (χ1v) is 4.46. The van der Waals surface area contributed by atoms with Gasteiger partial charge < -0.3 is 4.74 Å². The molecular formula is C5H9NO3S. The van der Waals surface area contributed by atoms with E-state index in [0.29, 0.717) is 26.3 Å². The zero-order valence-electron chi connectivity index (χ0n) is 5.49. The second-order valence-corrected chi connectivity index (χ2v) is 3.60. The molecule has 0 saturated carbocycles. The maximum absolute atomic E-state index is 10.6. The fourth-order valence-corrected chi connectivity index (χ4v) is 1.46. The summed E-state index contributed by atoms with van der Waals surface area (Å²) in [5.74, 6) is 0. The van der Waals surface area contributed by atoms with Crippen LogP contribution in [0.1, 0.15) is 0 Å². The molecule has 0 aromatic rings. The highest BCUT2D eigenvalue weighted by molar-refractivity contribution is 7.90. The fraction of sp³-hybridized carbons (Fsp3) is 0.800. The Morgan fingerprint density at radius 1 is 1.30 bits per heavy atom. The van der Waals surface area contributed by atoms with E-state index in [9.17, 15) is 8.42 Å². The van der Waals surface area contributed by atoms with Crippen molar-refractivity contribution in [2.45, 2.75) is 0 Å². The van der Waals surface area contributed by atoms with Gasteiger partial charge in [0.1, 0.15) is 6.26 Å². The molecule has 4 nitrogen and oxygen atoms in total. The predicted molar refractivity (Wildman–Crippen MR) is 35.6 cm³/mol. The number of hydrogen-bond acceptors (Lipinski definition) is 3. The molecule has 0 aliphatic carbocycles. The second-order valence-electron chi connectivity index (χ2n) is 2.06. The standard InChI is InChI=1S/C5H9NO3S/c1-10(7,8)6-2-4-9-5-3-6/h1H,2-5H2. The van der Waals surface area contributed by atoms with Crippen LogP contribution < -0.4 is 0 Å². The lowest BCUT2D eigenvalue weighted by molar-refractivity contribution is 0.0735. The highest BCUT2D eigenvalue weighted by atomic mass is 32.2. The Balaban J connectivity index is 2.56. The van der Waals surface area contributed by atoms with E-state index in [2.05, 4.69) is 0 Å². The van der Waals surface area contributed by atoms with Crippen LogP contribution in [0.3, 0.4) is 0 Å². The van der Waals surface area contributed by atoms with E-state index in [1.165, 1.54) is 4.31 Å². The summed E-state index contributed by atoms with van der Waals surface area (Å²) in [5, 5.41) is 0. The number of rotatable bonds is 1. The zero-order chi connectivity index (χ0) is 7.61. The third-order valence-corrected chi connectivity index (χ3v) is 2.41. The van der Waals surface area contributed by atoms with Gasteiger partial charge in [-0.15, -0.1) is 0 Å². The van der Waals surface area contributed by atoms with Crippen molar-refractivity contribution in [3.8, 4) is 0 Å². The molecule has 0 atom stereocenters. The Morgan fingerprint density at radius 2 is 1.80 bits per heavy atom. The van der Waals surface area contributed by atoms with E-state index in [4.69, 9.17) is 11.0 Å². The van der Waals surface area contributed by atoms with Gasteiger partial charge >= 0.3 is 0 Å². The minimum absolute atomic E-state index is 0.374. The maximum Gasteiger partial charge on any atom is 0.219 e. The van der Waals surface area contributed by atoms with Crippen LogP contribution in [0.15, 0.2) is 0 Å². The van der Waals surface area contributed by atoms with Gasteiger partial charge in [-0.2, -0.15) is 4.31 Å². The minimum Gasteiger partial charge on any atom is -0.379 e. The Labute approximate surface area is 60.8 Å². The summed E-state index contributed by atoms with van der Waals surface area (Å²) in [6.45, 7) is 1.63. The average molecular weight is 163 g/mol. The molecule has 0 N–H and O–H groups in total. The van der Waals surface area contributed by atoms with Gasteiger partial charge in [0.25, 0.3) is 0 Å². The van der Waals surface area contributed by atoms with Crippen LogP contribution in [0.5, 0.6) is 0 Å². The fourth-order valence-electron chi connectivity index (χ4n) is 0.801. The van der Waals surface area contributed by atoms with E-state index in [1.54, 1.807) is 0 Å². The average Bonchev–Trinajstić information content (AvgIpc) is 1.88. The molecule has 1 fully saturated rings. The van der Waals surface area contributed by atoms with Gasteiger partial charge in [-0.05, 0) is 0 Å². The van der Waals surface area contributed by atoms with E-state index in [-0.39, 0.29) is 0 Å². The van der Waals surface area contributed by atoms with Crippen molar-refractivity contribution in [3.05, 3.63) is 6.26 Å². The van der Waals surface area contributed by atoms with Gasteiger partial charge in [0.2, 0.25) is 10.0 Å². The van der Waals surface area contributed by atoms with E-state index < -0.39 is 10.0 Å². The Morgan fingerprint density at radius 3 is 2.10 bits per heavy atom. The predicted octanol–water partition coefficient (Wildman–Crippen LogP) is -0.683. The molecule has 5 heteroatoms. The highest BCUT2D eigenvalue weighted by Gasteiger charge is 2.19. The van der Waals surface area contributed by atoms with Crippen molar-refractivity contribution in [2.24, 2.45) is 0 Å². The molecule has 0 aromatic heterocycles. The number of ether oxygens (including phenoxy) is 1. The molecule has 1 saturated heterocycles. The number of nitrogens with zero attached hydrogens (tertiary/aromatic N) is 1. The molecular weight excluding hydrogens is 154 g/mol. The summed E-state index contributed by atoms with van der Waals surface area (Å²) in [6, 6.07) is 0. The molecule has 10 heavy (non-hydrogen) atoms. The molecule has 2 radical (unpaired) electrons. The first kappa shape index (κ1) is 7.97. The monoisotopic (exact) mass is 163 g/mol. The van der Waals surface area contributed by atoms with Gasteiger partial charge in [-0.3, -0.25) is 0 Å². The van der Waals surface area contributed by atoms with Crippen LogP contribution in [-0.2, 0) is 14.8 Å². The largest absolute Gasteiger partial charge is 0.379 e. The van der Waals surface area contributed by atoms with Crippen molar-refractivity contribution in [3.63, 3.8) is 0 Å². The Hall–Kier alpha value is -0.130. The first-order chi connectivity index (χ1) is 4.61. The van der Waals surface area contributed by atoms with E-state index in [0.717, 1.165) is 0 Å². The Bertz CT molecular complexity index is 193. The van der Waals surface area contributed by atoms with Crippen molar-refractivity contribution in [2.75, 3.05) is 26.3 Å². The molecule has 0 bridgehead atoms. The smallest absolute Gasteiger partial charge is 0.219 e. The van der Waals surface area contributed by atoms with Crippen molar-refractivity contribution < 1.29 is 13.2 Å². The SMILES string of the molecule is [CH]S(=O)(=O)N1CCOCC1. The van der Waals surface area contributed by atoms with Gasteiger partial charge in [0, 0.05) is 13.1 Å². The van der Waals surface area contributed by atoms with Crippen LogP contribution in [0.4, 0.5) is 0 Å². The normalized spacial score (nSPS) is 22.9. The van der Waals surface area contributed by atoms with Crippen molar-refractivity contribution >= 4 is 10.0 Å². The molecule has 58 valence electrons. The van der Waals surface area contributed by atoms with Gasteiger partial charge in [-0.1, -0.05) is 0 Å². The molecule has 1 heterocycles. The lowest BCUT2D eigenvalue weighted by Crippen LogP contribution is -2.39. The van der Waals surface area contributed by atoms with Crippen LogP contribution in [0.25, 0.3) is 0 Å². The highest BCUT2D eigenvalue weighted by Crippen LogP contribution is 2.02. The van der Waals surface area contributed by atoms with Gasteiger partial charge in [0.15, 0.2) is 0 Å². The summed E-state index contributed by atoms with van der Waals surface area (Å²) >= 11 is 0. The Kier molecular flexibility index (Phi) is 2.28. The summed E-state index contributed by atoms with van der Waals surface area (Å²) in [4.78, 5) is 0. The molecule has 0 amide bonds. The molecule has 0 aromatic carbocycles. The van der Waals surface area contributed by atoms with Crippen molar-refractivity contribution in [1.82, 2.24) is 4.31 Å². The number of morpholine rings is 1. The van der Waals surface area contributed by atoms with E-state index in [1.807, 2.05) is 0 Å². The van der Waals surface area contributed by atoms with Crippen LogP contribution >= 0.6 is 0 Å². The van der Waals surface area contributed by atoms with Crippen LogP contribution in [-0.4, -0.2) is 39.0 Å². The summed E-state index contributed by atoms with van der Waals surface area (Å²) in [6.07, 6.45) is 4.85. The van der Waals surface area contributed by atoms with Gasteiger partial charge in [-0.25, -0.2) is 8.42 Å². The summed E-state index contributed by atoms with van der Waals surface area (Å²) in [5.41, 5.74) is 0. The zero-order valence-corrected chi connectivity index (χ0v) is 6.30. The van der Waals surface area contributed by atoms with Gasteiger partial charge in [0.05, 0.1) is 13.2 Å². The van der Waals surface area contributed by atoms with Crippen LogP contribution in [0, 0.1) is 6.26 Å². The quantitative estimate of drug-likeness (QED) is 0.514. The third-order valence-electron chi connectivity index (χ3n) is 1.33.